The van der Waals surface area contributed by atoms with E-state index in [2.05, 4.69) is 21.2 Å². The van der Waals surface area contributed by atoms with Crippen molar-refractivity contribution in [3.8, 4) is 0 Å². The molecule has 2 unspecified atom stereocenters. The summed E-state index contributed by atoms with van der Waals surface area (Å²) < 4.78 is 1.08. The lowest BCUT2D eigenvalue weighted by atomic mass is 9.82. The van der Waals surface area contributed by atoms with Crippen LogP contribution < -0.4 is 5.32 Å². The van der Waals surface area contributed by atoms with Crippen molar-refractivity contribution in [2.45, 2.75) is 12.8 Å². The van der Waals surface area contributed by atoms with E-state index in [1.807, 2.05) is 24.3 Å². The second-order valence-corrected chi connectivity index (χ2v) is 8.13. The van der Waals surface area contributed by atoms with Crippen molar-refractivity contribution in [1.29, 1.82) is 0 Å². The summed E-state index contributed by atoms with van der Waals surface area (Å²) >= 11 is 5.06. The van der Waals surface area contributed by atoms with Crippen LogP contribution in [0.4, 0.5) is 0 Å². The van der Waals surface area contributed by atoms with Crippen LogP contribution in [0, 0.1) is 23.7 Å². The lowest BCUT2D eigenvalue weighted by Gasteiger charge is -2.23. The first kappa shape index (κ1) is 14.8. The zero-order chi connectivity index (χ0) is 15.0. The number of rotatable bonds is 5. The van der Waals surface area contributed by atoms with Crippen LogP contribution in [-0.4, -0.2) is 23.5 Å². The van der Waals surface area contributed by atoms with E-state index in [9.17, 15) is 14.7 Å². The molecule has 2 bridgehead atoms. The molecule has 112 valence electrons. The maximum Gasteiger partial charge on any atom is 0.307 e. The highest BCUT2D eigenvalue weighted by molar-refractivity contribution is 9.11. The van der Waals surface area contributed by atoms with E-state index in [4.69, 9.17) is 0 Å². The van der Waals surface area contributed by atoms with Gasteiger partial charge >= 0.3 is 5.97 Å². The van der Waals surface area contributed by atoms with Gasteiger partial charge in [0.25, 0.3) is 0 Å². The highest BCUT2D eigenvalue weighted by atomic mass is 79.9. The number of carbonyl (C=O) groups is 2. The van der Waals surface area contributed by atoms with E-state index in [1.54, 1.807) is 11.3 Å². The Kier molecular flexibility index (Phi) is 4.17. The molecule has 6 heteroatoms. The quantitative estimate of drug-likeness (QED) is 0.784. The fourth-order valence-corrected chi connectivity index (χ4v) is 4.91. The summed E-state index contributed by atoms with van der Waals surface area (Å²) in [7, 11) is 0. The van der Waals surface area contributed by atoms with Crippen LogP contribution in [0.25, 0.3) is 0 Å². The van der Waals surface area contributed by atoms with Gasteiger partial charge in [-0.15, -0.1) is 11.3 Å². The first-order valence-electron chi connectivity index (χ1n) is 6.99. The van der Waals surface area contributed by atoms with Crippen LogP contribution in [0.5, 0.6) is 0 Å². The van der Waals surface area contributed by atoms with Crippen LogP contribution in [0.3, 0.4) is 0 Å². The molecule has 4 nitrogen and oxygen atoms in total. The molecule has 1 fully saturated rings. The number of hydrogen-bond acceptors (Lipinski definition) is 3. The number of carbonyl (C=O) groups excluding carboxylic acids is 1. The van der Waals surface area contributed by atoms with E-state index in [0.29, 0.717) is 6.54 Å². The topological polar surface area (TPSA) is 66.4 Å². The maximum absolute atomic E-state index is 12.3. The summed E-state index contributed by atoms with van der Waals surface area (Å²) in [5.74, 6) is -1.82. The molecule has 3 rings (SSSR count). The van der Waals surface area contributed by atoms with Crippen LogP contribution in [0.15, 0.2) is 28.1 Å². The highest BCUT2D eigenvalue weighted by Gasteiger charge is 2.51. The zero-order valence-corrected chi connectivity index (χ0v) is 13.7. The Morgan fingerprint density at radius 2 is 2.00 bits per heavy atom. The summed E-state index contributed by atoms with van der Waals surface area (Å²) in [6.45, 7) is 0.551. The smallest absolute Gasteiger partial charge is 0.307 e. The second kappa shape index (κ2) is 5.93. The normalized spacial score (nSPS) is 29.8. The molecule has 1 aromatic rings. The van der Waals surface area contributed by atoms with Gasteiger partial charge in [-0.2, -0.15) is 0 Å². The van der Waals surface area contributed by atoms with Gasteiger partial charge in [-0.3, -0.25) is 9.59 Å². The Morgan fingerprint density at radius 3 is 2.62 bits per heavy atom. The average Bonchev–Trinajstić information content (AvgIpc) is 3.13. The number of carboxylic acids is 1. The fraction of sp³-hybridized carbons (Fsp3) is 0.467. The van der Waals surface area contributed by atoms with Gasteiger partial charge in [-0.25, -0.2) is 0 Å². The SMILES string of the molecule is O=C(O)[C@@H]1C2C=CC(C2)[C@@H]1C(=O)NCCc1ccc(Br)s1. The molecule has 1 saturated carbocycles. The molecule has 0 aromatic carbocycles. The Labute approximate surface area is 135 Å². The van der Waals surface area contributed by atoms with Gasteiger partial charge in [-0.1, -0.05) is 12.2 Å². The maximum atomic E-state index is 12.3. The van der Waals surface area contributed by atoms with Gasteiger partial charge in [0.15, 0.2) is 0 Å². The van der Waals surface area contributed by atoms with Crippen molar-refractivity contribution in [1.82, 2.24) is 5.32 Å². The van der Waals surface area contributed by atoms with Crippen molar-refractivity contribution < 1.29 is 14.7 Å². The summed E-state index contributed by atoms with van der Waals surface area (Å²) in [5, 5.41) is 12.3. The van der Waals surface area contributed by atoms with Gasteiger partial charge in [-0.05, 0) is 52.7 Å². The summed E-state index contributed by atoms with van der Waals surface area (Å²) in [5.41, 5.74) is 0. The predicted octanol–water partition coefficient (Wildman–Crippen LogP) is 2.69. The summed E-state index contributed by atoms with van der Waals surface area (Å²) in [4.78, 5) is 24.9. The van der Waals surface area contributed by atoms with E-state index in [-0.39, 0.29) is 17.7 Å². The predicted molar refractivity (Wildman–Crippen MR) is 84.1 cm³/mol. The molecular formula is C15H16BrNO3S. The molecule has 0 aliphatic heterocycles. The molecule has 1 amide bonds. The Bertz CT molecular complexity index is 597. The zero-order valence-electron chi connectivity index (χ0n) is 11.3. The standard InChI is InChI=1S/C15H16BrNO3S/c16-11-4-3-10(21-11)5-6-17-14(18)12-8-1-2-9(7-8)13(12)15(19)20/h1-4,8-9,12-13H,5-7H2,(H,17,18)(H,19,20)/t8?,9?,12-,13+/m0/s1. The van der Waals surface area contributed by atoms with Crippen molar-refractivity contribution in [2.75, 3.05) is 6.54 Å². The van der Waals surface area contributed by atoms with Crippen LogP contribution in [0.2, 0.25) is 0 Å². The third-order valence-electron chi connectivity index (χ3n) is 4.35. The van der Waals surface area contributed by atoms with Gasteiger partial charge in [0, 0.05) is 11.4 Å². The van der Waals surface area contributed by atoms with E-state index in [0.717, 1.165) is 16.6 Å². The van der Waals surface area contributed by atoms with Crippen LogP contribution in [0.1, 0.15) is 11.3 Å². The second-order valence-electron chi connectivity index (χ2n) is 5.58. The number of nitrogens with one attached hydrogen (secondary N) is 1. The largest absolute Gasteiger partial charge is 0.481 e. The summed E-state index contributed by atoms with van der Waals surface area (Å²) in [6, 6.07) is 4.02. The molecule has 2 aliphatic rings. The van der Waals surface area contributed by atoms with Crippen molar-refractivity contribution in [3.63, 3.8) is 0 Å². The van der Waals surface area contributed by atoms with Crippen molar-refractivity contribution in [2.24, 2.45) is 23.7 Å². The first-order chi connectivity index (χ1) is 10.1. The van der Waals surface area contributed by atoms with Gasteiger partial charge in [0.1, 0.15) is 0 Å². The van der Waals surface area contributed by atoms with Crippen LogP contribution in [-0.2, 0) is 16.0 Å². The molecular weight excluding hydrogens is 354 g/mol. The Balaban J connectivity index is 1.57. The fourth-order valence-electron chi connectivity index (χ4n) is 3.43. The molecule has 21 heavy (non-hydrogen) atoms. The molecule has 1 heterocycles. The average molecular weight is 370 g/mol. The van der Waals surface area contributed by atoms with E-state index in [1.165, 1.54) is 4.88 Å². The number of allylic oxidation sites excluding steroid dienone is 2. The third-order valence-corrected chi connectivity index (χ3v) is 6.03. The van der Waals surface area contributed by atoms with Gasteiger partial charge in [0.2, 0.25) is 5.91 Å². The molecule has 2 N–H and O–H groups in total. The minimum absolute atomic E-state index is 0.0245. The molecule has 1 aromatic heterocycles. The van der Waals surface area contributed by atoms with Crippen LogP contribution >= 0.6 is 27.3 Å². The molecule has 0 radical (unpaired) electrons. The third kappa shape index (κ3) is 2.92. The number of fused-ring (bicyclic) bond motifs is 2. The Hall–Kier alpha value is -1.14. The molecule has 0 spiro atoms. The van der Waals surface area contributed by atoms with Crippen molar-refractivity contribution >= 4 is 39.1 Å². The highest BCUT2D eigenvalue weighted by Crippen LogP contribution is 2.48. The number of carboxylic acid groups (broad SMARTS) is 1. The molecule has 4 atom stereocenters. The number of halogens is 1. The lowest BCUT2D eigenvalue weighted by molar-refractivity contribution is -0.147. The number of hydrogen-bond donors (Lipinski definition) is 2. The molecule has 2 aliphatic carbocycles. The van der Waals surface area contributed by atoms with E-state index >= 15 is 0 Å². The number of amides is 1. The number of thiophene rings is 1. The summed E-state index contributed by atoms with van der Waals surface area (Å²) in [6.07, 6.45) is 5.53. The monoisotopic (exact) mass is 369 g/mol. The minimum atomic E-state index is -0.853. The lowest BCUT2D eigenvalue weighted by Crippen LogP contribution is -2.40. The first-order valence-corrected chi connectivity index (χ1v) is 8.60. The van der Waals surface area contributed by atoms with Crippen molar-refractivity contribution in [3.05, 3.63) is 32.9 Å². The molecule has 0 saturated heterocycles. The van der Waals surface area contributed by atoms with Gasteiger partial charge < -0.3 is 10.4 Å². The minimum Gasteiger partial charge on any atom is -0.481 e. The number of aliphatic carboxylic acids is 1. The Morgan fingerprint density at radius 1 is 1.29 bits per heavy atom. The van der Waals surface area contributed by atoms with E-state index < -0.39 is 17.8 Å². The van der Waals surface area contributed by atoms with Gasteiger partial charge in [0.05, 0.1) is 15.6 Å².